The van der Waals surface area contributed by atoms with Crippen LogP contribution in [0.3, 0.4) is 0 Å². The van der Waals surface area contributed by atoms with Gasteiger partial charge in [-0.1, -0.05) is 65.1 Å². The number of halogens is 3. The molecule has 0 aromatic heterocycles. The van der Waals surface area contributed by atoms with Crippen molar-refractivity contribution in [1.82, 2.24) is 5.32 Å². The summed E-state index contributed by atoms with van der Waals surface area (Å²) < 4.78 is -1.85. The summed E-state index contributed by atoms with van der Waals surface area (Å²) in [6.45, 7) is 1.84. The smallest absolute Gasteiger partial charge is 0.223 e. The molecule has 0 radical (unpaired) electrons. The van der Waals surface area contributed by atoms with E-state index in [9.17, 15) is 9.90 Å². The average Bonchev–Trinajstić information content (AvgIpc) is 2.28. The Labute approximate surface area is 121 Å². The van der Waals surface area contributed by atoms with Crippen molar-refractivity contribution in [3.63, 3.8) is 0 Å². The Morgan fingerprint density at radius 2 is 1.89 bits per heavy atom. The van der Waals surface area contributed by atoms with E-state index in [1.54, 1.807) is 0 Å². The van der Waals surface area contributed by atoms with E-state index in [1.165, 1.54) is 0 Å². The molecular weight excluding hydrogens is 296 g/mol. The number of amides is 1. The molecule has 1 aromatic carbocycles. The fourth-order valence-electron chi connectivity index (χ4n) is 1.42. The summed E-state index contributed by atoms with van der Waals surface area (Å²) >= 11 is 16.4. The molecule has 0 saturated carbocycles. The van der Waals surface area contributed by atoms with Gasteiger partial charge in [0.15, 0.2) is 0 Å². The zero-order valence-corrected chi connectivity index (χ0v) is 12.0. The predicted octanol–water partition coefficient (Wildman–Crippen LogP) is 2.99. The van der Waals surface area contributed by atoms with Crippen molar-refractivity contribution in [1.29, 1.82) is 0 Å². The van der Waals surface area contributed by atoms with Gasteiger partial charge in [-0.2, -0.15) is 0 Å². The molecule has 18 heavy (non-hydrogen) atoms. The number of hydrogen-bond donors (Lipinski definition) is 2. The van der Waals surface area contributed by atoms with Crippen molar-refractivity contribution in [2.75, 3.05) is 0 Å². The summed E-state index contributed by atoms with van der Waals surface area (Å²) in [6.07, 6.45) is -1.58. The van der Waals surface area contributed by atoms with Gasteiger partial charge in [-0.3, -0.25) is 4.79 Å². The molecule has 0 aliphatic rings. The summed E-state index contributed by atoms with van der Waals surface area (Å²) in [7, 11) is 0. The second-order valence-corrected chi connectivity index (χ2v) is 6.33. The lowest BCUT2D eigenvalue weighted by molar-refractivity contribution is -0.123. The third-order valence-corrected chi connectivity index (χ3v) is 3.19. The average molecular weight is 311 g/mol. The highest BCUT2D eigenvalue weighted by atomic mass is 35.6. The van der Waals surface area contributed by atoms with Gasteiger partial charge in [-0.25, -0.2) is 0 Å². The van der Waals surface area contributed by atoms with Crippen LogP contribution in [0.1, 0.15) is 24.9 Å². The van der Waals surface area contributed by atoms with Gasteiger partial charge in [0.1, 0.15) is 6.10 Å². The molecule has 3 nitrogen and oxygen atoms in total. The topological polar surface area (TPSA) is 49.3 Å². The van der Waals surface area contributed by atoms with Gasteiger partial charge in [-0.05, 0) is 12.5 Å². The molecule has 0 bridgehead atoms. The molecule has 0 aliphatic carbocycles. The van der Waals surface area contributed by atoms with Gasteiger partial charge in [0.25, 0.3) is 0 Å². The number of nitrogens with one attached hydrogen (secondary N) is 1. The van der Waals surface area contributed by atoms with E-state index in [2.05, 4.69) is 5.32 Å². The third kappa shape index (κ3) is 5.02. The maximum atomic E-state index is 11.6. The fraction of sp³-hybridized carbons (Fsp3) is 0.417. The van der Waals surface area contributed by atoms with Gasteiger partial charge in [0.2, 0.25) is 9.70 Å². The van der Waals surface area contributed by atoms with E-state index in [0.29, 0.717) is 0 Å². The van der Waals surface area contributed by atoms with E-state index in [-0.39, 0.29) is 18.4 Å². The molecule has 1 aromatic rings. The third-order valence-electron chi connectivity index (χ3n) is 2.43. The van der Waals surface area contributed by atoms with Crippen LogP contribution in [0.2, 0.25) is 0 Å². The van der Waals surface area contributed by atoms with Crippen molar-refractivity contribution in [2.24, 2.45) is 0 Å². The zero-order valence-electron chi connectivity index (χ0n) is 9.74. The molecule has 1 rings (SSSR count). The first-order valence-electron chi connectivity index (χ1n) is 5.40. The van der Waals surface area contributed by atoms with Crippen LogP contribution in [0.4, 0.5) is 0 Å². The summed E-state index contributed by atoms with van der Waals surface area (Å²) in [4.78, 5) is 11.6. The Bertz CT molecular complexity index is 392. The Hall–Kier alpha value is -0.480. The van der Waals surface area contributed by atoms with Crippen LogP contribution in [0.5, 0.6) is 0 Å². The first-order chi connectivity index (χ1) is 8.30. The Kier molecular flexibility index (Phi) is 5.73. The second kappa shape index (κ2) is 6.62. The number of carbonyl (C=O) groups is 1. The number of aliphatic hydroxyl groups is 1. The van der Waals surface area contributed by atoms with E-state index in [0.717, 1.165) is 5.56 Å². The van der Waals surface area contributed by atoms with Crippen molar-refractivity contribution >= 4 is 40.7 Å². The van der Waals surface area contributed by atoms with Gasteiger partial charge in [0.05, 0.1) is 12.5 Å². The van der Waals surface area contributed by atoms with Crippen molar-refractivity contribution < 1.29 is 9.90 Å². The summed E-state index contributed by atoms with van der Waals surface area (Å²) in [5.74, 6) is -0.370. The molecule has 0 spiro atoms. The minimum Gasteiger partial charge on any atom is -0.388 e. The molecule has 6 heteroatoms. The molecule has 100 valence electrons. The number of rotatable bonds is 4. The quantitative estimate of drug-likeness (QED) is 0.840. The Morgan fingerprint density at radius 1 is 1.33 bits per heavy atom. The van der Waals surface area contributed by atoms with E-state index < -0.39 is 9.90 Å². The number of aliphatic hydroxyl groups excluding tert-OH is 1. The monoisotopic (exact) mass is 309 g/mol. The van der Waals surface area contributed by atoms with Crippen LogP contribution < -0.4 is 5.32 Å². The highest BCUT2D eigenvalue weighted by Crippen LogP contribution is 2.31. The minimum absolute atomic E-state index is 0.165. The van der Waals surface area contributed by atoms with E-state index in [1.807, 2.05) is 37.3 Å². The van der Waals surface area contributed by atoms with Crippen LogP contribution in [-0.2, 0) is 4.79 Å². The lowest BCUT2D eigenvalue weighted by atomic mass is 10.1. The molecule has 0 saturated heterocycles. The summed E-state index contributed by atoms with van der Waals surface area (Å²) in [6, 6.07) is 9.29. The highest BCUT2D eigenvalue weighted by Gasteiger charge is 2.32. The largest absolute Gasteiger partial charge is 0.388 e. The first-order valence-corrected chi connectivity index (χ1v) is 6.53. The van der Waals surface area contributed by atoms with E-state index >= 15 is 0 Å². The maximum absolute atomic E-state index is 11.6. The molecule has 1 amide bonds. The lowest BCUT2D eigenvalue weighted by Gasteiger charge is -2.20. The van der Waals surface area contributed by atoms with Gasteiger partial charge < -0.3 is 10.4 Å². The number of carbonyl (C=O) groups excluding carboxylic acids is 1. The highest BCUT2D eigenvalue weighted by molar-refractivity contribution is 6.68. The molecular formula is C12H14Cl3NO2. The fourth-order valence-corrected chi connectivity index (χ4v) is 1.65. The van der Waals surface area contributed by atoms with Gasteiger partial charge in [0, 0.05) is 0 Å². The van der Waals surface area contributed by atoms with Crippen molar-refractivity contribution in [3.8, 4) is 0 Å². The first kappa shape index (κ1) is 15.6. The zero-order chi connectivity index (χ0) is 13.8. The second-order valence-electron chi connectivity index (χ2n) is 3.96. The van der Waals surface area contributed by atoms with E-state index in [4.69, 9.17) is 34.8 Å². The molecule has 0 fully saturated rings. The summed E-state index contributed by atoms with van der Waals surface area (Å²) in [5.41, 5.74) is 0.967. The van der Waals surface area contributed by atoms with Crippen molar-refractivity contribution in [3.05, 3.63) is 35.9 Å². The number of alkyl halides is 3. The Balaban J connectivity index is 2.51. The number of benzene rings is 1. The van der Waals surface area contributed by atoms with Gasteiger partial charge >= 0.3 is 0 Å². The SMILES string of the molecule is CC(NC(=O)CC(O)C(Cl)(Cl)Cl)c1ccccc1. The lowest BCUT2D eigenvalue weighted by Crippen LogP contribution is -2.34. The molecule has 0 aliphatic heterocycles. The van der Waals surface area contributed by atoms with Crippen LogP contribution in [0.25, 0.3) is 0 Å². The normalized spacial score (nSPS) is 14.9. The van der Waals surface area contributed by atoms with Gasteiger partial charge in [-0.15, -0.1) is 0 Å². The summed E-state index contributed by atoms with van der Waals surface area (Å²) in [5, 5.41) is 12.2. The van der Waals surface area contributed by atoms with Crippen LogP contribution >= 0.6 is 34.8 Å². The van der Waals surface area contributed by atoms with Crippen LogP contribution in [0.15, 0.2) is 30.3 Å². The predicted molar refractivity (Wildman–Crippen MR) is 73.9 cm³/mol. The van der Waals surface area contributed by atoms with Crippen LogP contribution in [0, 0.1) is 0 Å². The standard InChI is InChI=1S/C12H14Cl3NO2/c1-8(9-5-3-2-4-6-9)16-11(18)7-10(17)12(13,14)15/h2-6,8,10,17H,7H2,1H3,(H,16,18). The van der Waals surface area contributed by atoms with Crippen LogP contribution in [-0.4, -0.2) is 20.9 Å². The molecule has 2 N–H and O–H groups in total. The van der Waals surface area contributed by atoms with Crippen molar-refractivity contribution in [2.45, 2.75) is 29.3 Å². The maximum Gasteiger partial charge on any atom is 0.223 e. The minimum atomic E-state index is -1.85. The Morgan fingerprint density at radius 3 is 2.39 bits per heavy atom. The number of hydrogen-bond acceptors (Lipinski definition) is 2. The molecule has 2 unspecified atom stereocenters. The molecule has 2 atom stereocenters. The molecule has 0 heterocycles.